The van der Waals surface area contributed by atoms with Gasteiger partial charge in [0.2, 0.25) is 0 Å². The fraction of sp³-hybridized carbons (Fsp3) is 0.333. The van der Waals surface area contributed by atoms with Crippen molar-refractivity contribution < 1.29 is 18.0 Å². The number of hydrogen-bond acceptors (Lipinski definition) is 3. The minimum absolute atomic E-state index is 0.201. The molecule has 1 aromatic heterocycles. The number of aromatic nitrogens is 2. The van der Waals surface area contributed by atoms with E-state index in [1.165, 1.54) is 29.2 Å². The van der Waals surface area contributed by atoms with E-state index in [0.29, 0.717) is 18.1 Å². The first-order chi connectivity index (χ1) is 11.9. The summed E-state index contributed by atoms with van der Waals surface area (Å²) in [6.07, 6.45) is -3.68. The molecule has 25 heavy (non-hydrogen) atoms. The molecule has 0 atom stereocenters. The Hall–Kier alpha value is -1.87. The smallest absolute Gasteiger partial charge is 0.323 e. The lowest BCUT2D eigenvalue weighted by Crippen LogP contribution is -2.40. The summed E-state index contributed by atoms with van der Waals surface area (Å²) < 4.78 is 41.4. The van der Waals surface area contributed by atoms with Crippen LogP contribution in [0.1, 0.15) is 5.69 Å². The summed E-state index contributed by atoms with van der Waals surface area (Å²) in [5.41, 5.74) is -1.20. The maximum atomic E-state index is 13.5. The van der Waals surface area contributed by atoms with Gasteiger partial charge in [0.05, 0.1) is 17.6 Å². The van der Waals surface area contributed by atoms with E-state index in [9.17, 15) is 18.0 Å². The topological polar surface area (TPSA) is 50.2 Å². The van der Waals surface area contributed by atoms with Crippen LogP contribution in [-0.4, -0.2) is 45.3 Å². The van der Waals surface area contributed by atoms with Crippen LogP contribution < -0.4 is 5.32 Å². The number of carbonyl (C=O) groups is 1. The number of hydrogen-bond donors (Lipinski definition) is 1. The molecule has 5 nitrogen and oxygen atoms in total. The lowest BCUT2D eigenvalue weighted by Gasteiger charge is -2.26. The van der Waals surface area contributed by atoms with Crippen LogP contribution in [0.15, 0.2) is 30.5 Å². The third-order valence-electron chi connectivity index (χ3n) is 3.65. The normalized spacial score (nSPS) is 15.3. The number of rotatable bonds is 2. The fourth-order valence-corrected chi connectivity index (χ4v) is 3.48. The number of urea groups is 1. The van der Waals surface area contributed by atoms with Crippen molar-refractivity contribution in [2.24, 2.45) is 0 Å². The van der Waals surface area contributed by atoms with Gasteiger partial charge in [-0.3, -0.25) is 0 Å². The van der Waals surface area contributed by atoms with E-state index >= 15 is 0 Å². The van der Waals surface area contributed by atoms with Gasteiger partial charge in [-0.2, -0.15) is 30.0 Å². The highest BCUT2D eigenvalue weighted by Gasteiger charge is 2.39. The Bertz CT molecular complexity index is 757. The van der Waals surface area contributed by atoms with E-state index in [1.807, 2.05) is 0 Å². The van der Waals surface area contributed by atoms with Gasteiger partial charge in [-0.05, 0) is 24.3 Å². The van der Waals surface area contributed by atoms with Crippen LogP contribution in [0.5, 0.6) is 0 Å². The number of carbonyl (C=O) groups excluding carboxylic acids is 1. The highest BCUT2D eigenvalue weighted by molar-refractivity contribution is 7.99. The second-order valence-corrected chi connectivity index (χ2v) is 6.98. The zero-order valence-corrected chi connectivity index (χ0v) is 14.5. The van der Waals surface area contributed by atoms with Crippen molar-refractivity contribution >= 4 is 35.1 Å². The van der Waals surface area contributed by atoms with Crippen molar-refractivity contribution in [2.75, 3.05) is 29.9 Å². The van der Waals surface area contributed by atoms with Gasteiger partial charge in [-0.25, -0.2) is 9.48 Å². The van der Waals surface area contributed by atoms with Crippen LogP contribution >= 0.6 is 23.4 Å². The first-order valence-corrected chi connectivity index (χ1v) is 8.94. The predicted octanol–water partition coefficient (Wildman–Crippen LogP) is 4.13. The number of halogens is 4. The number of amides is 2. The first-order valence-electron chi connectivity index (χ1n) is 7.41. The van der Waals surface area contributed by atoms with Gasteiger partial charge in [0.1, 0.15) is 0 Å². The summed E-state index contributed by atoms with van der Waals surface area (Å²) in [6, 6.07) is 5.25. The summed E-state index contributed by atoms with van der Waals surface area (Å²) in [6.45, 7) is 1.01. The van der Waals surface area contributed by atoms with Crippen molar-refractivity contribution in [3.05, 3.63) is 41.2 Å². The lowest BCUT2D eigenvalue weighted by atomic mass is 10.3. The molecule has 134 valence electrons. The average Bonchev–Trinajstić information content (AvgIpc) is 3.00. The number of nitrogens with one attached hydrogen (secondary N) is 1. The predicted molar refractivity (Wildman–Crippen MR) is 91.5 cm³/mol. The zero-order chi connectivity index (χ0) is 18.0. The summed E-state index contributed by atoms with van der Waals surface area (Å²) in [7, 11) is 0. The standard InChI is InChI=1S/C15H14ClF3N4OS/c16-10-1-3-11(4-2-10)23-13(15(17,18)19)12(9-20-23)21-14(24)22-5-7-25-8-6-22/h1-4,9H,5-8H2,(H,21,24). The Balaban J connectivity index is 1.91. The number of nitrogens with zero attached hydrogens (tertiary/aromatic N) is 3. The Labute approximate surface area is 151 Å². The number of benzene rings is 1. The van der Waals surface area contributed by atoms with Gasteiger partial charge in [0.15, 0.2) is 5.69 Å². The first kappa shape index (κ1) is 17.9. The monoisotopic (exact) mass is 390 g/mol. The maximum Gasteiger partial charge on any atom is 0.435 e. The van der Waals surface area contributed by atoms with Gasteiger partial charge >= 0.3 is 12.2 Å². The molecule has 0 radical (unpaired) electrons. The highest BCUT2D eigenvalue weighted by atomic mass is 35.5. The van der Waals surface area contributed by atoms with Gasteiger partial charge in [-0.1, -0.05) is 11.6 Å². The van der Waals surface area contributed by atoms with Gasteiger partial charge < -0.3 is 10.2 Å². The summed E-state index contributed by atoms with van der Waals surface area (Å²) in [5.74, 6) is 1.53. The Kier molecular flexibility index (Phi) is 5.14. The minimum atomic E-state index is -4.68. The molecule has 1 aliphatic heterocycles. The van der Waals surface area contributed by atoms with E-state index in [0.717, 1.165) is 22.4 Å². The third-order valence-corrected chi connectivity index (χ3v) is 4.84. The second-order valence-electron chi connectivity index (χ2n) is 5.32. The molecule has 2 heterocycles. The molecule has 0 aliphatic carbocycles. The molecule has 0 unspecified atom stereocenters. The molecule has 0 saturated carbocycles. The van der Waals surface area contributed by atoms with Crippen LogP contribution in [-0.2, 0) is 6.18 Å². The summed E-state index contributed by atoms with van der Waals surface area (Å²) in [5, 5.41) is 6.54. The molecule has 3 rings (SSSR count). The van der Waals surface area contributed by atoms with E-state index in [-0.39, 0.29) is 11.4 Å². The Morgan fingerprint density at radius 1 is 1.20 bits per heavy atom. The molecule has 1 fully saturated rings. The van der Waals surface area contributed by atoms with Crippen LogP contribution in [0, 0.1) is 0 Å². The van der Waals surface area contributed by atoms with E-state index in [2.05, 4.69) is 10.4 Å². The van der Waals surface area contributed by atoms with Crippen molar-refractivity contribution in [2.45, 2.75) is 6.18 Å². The largest absolute Gasteiger partial charge is 0.435 e. The number of alkyl halides is 3. The molecule has 0 spiro atoms. The molecule has 10 heteroatoms. The van der Waals surface area contributed by atoms with Crippen molar-refractivity contribution in [1.29, 1.82) is 0 Å². The molecule has 1 N–H and O–H groups in total. The molecule has 1 saturated heterocycles. The van der Waals surface area contributed by atoms with Crippen LogP contribution in [0.2, 0.25) is 5.02 Å². The Morgan fingerprint density at radius 3 is 2.44 bits per heavy atom. The van der Waals surface area contributed by atoms with Crippen molar-refractivity contribution in [3.63, 3.8) is 0 Å². The quantitative estimate of drug-likeness (QED) is 0.839. The van der Waals surface area contributed by atoms with E-state index < -0.39 is 17.9 Å². The van der Waals surface area contributed by atoms with Crippen LogP contribution in [0.3, 0.4) is 0 Å². The van der Waals surface area contributed by atoms with Gasteiger partial charge in [-0.15, -0.1) is 0 Å². The number of thioether (sulfide) groups is 1. The van der Waals surface area contributed by atoms with Crippen LogP contribution in [0.4, 0.5) is 23.7 Å². The van der Waals surface area contributed by atoms with Crippen molar-refractivity contribution in [1.82, 2.24) is 14.7 Å². The zero-order valence-electron chi connectivity index (χ0n) is 12.9. The third kappa shape index (κ3) is 4.04. The maximum absolute atomic E-state index is 13.5. The molecule has 2 aromatic rings. The SMILES string of the molecule is O=C(Nc1cnn(-c2ccc(Cl)cc2)c1C(F)(F)F)N1CCSCC1. The van der Waals surface area contributed by atoms with Gasteiger partial charge in [0, 0.05) is 29.6 Å². The molecular weight excluding hydrogens is 377 g/mol. The van der Waals surface area contributed by atoms with E-state index in [1.54, 1.807) is 11.8 Å². The lowest BCUT2D eigenvalue weighted by molar-refractivity contribution is -0.142. The molecule has 1 aromatic carbocycles. The summed E-state index contributed by atoms with van der Waals surface area (Å²) in [4.78, 5) is 13.7. The molecule has 1 aliphatic rings. The molecule has 2 amide bonds. The Morgan fingerprint density at radius 2 is 1.84 bits per heavy atom. The molecule has 0 bridgehead atoms. The van der Waals surface area contributed by atoms with Gasteiger partial charge in [0.25, 0.3) is 0 Å². The summed E-state index contributed by atoms with van der Waals surface area (Å²) >= 11 is 7.48. The van der Waals surface area contributed by atoms with Crippen molar-refractivity contribution in [3.8, 4) is 5.69 Å². The highest BCUT2D eigenvalue weighted by Crippen LogP contribution is 2.36. The molecular formula is C15H14ClF3N4OS. The van der Waals surface area contributed by atoms with E-state index in [4.69, 9.17) is 11.6 Å². The second kappa shape index (κ2) is 7.17. The average molecular weight is 391 g/mol. The minimum Gasteiger partial charge on any atom is -0.323 e. The van der Waals surface area contributed by atoms with Crippen LogP contribution in [0.25, 0.3) is 5.69 Å². The fourth-order valence-electron chi connectivity index (χ4n) is 2.45. The number of anilines is 1.